The van der Waals surface area contributed by atoms with Crippen molar-refractivity contribution in [1.29, 1.82) is 0 Å². The molecule has 1 fully saturated rings. The number of nitrogens with one attached hydrogen (secondary N) is 3. The van der Waals surface area contributed by atoms with Crippen molar-refractivity contribution in [3.05, 3.63) is 11.8 Å². The quantitative estimate of drug-likeness (QED) is 0.587. The van der Waals surface area contributed by atoms with Crippen LogP contribution in [-0.4, -0.2) is 34.6 Å². The minimum atomic E-state index is -0.266. The van der Waals surface area contributed by atoms with Crippen LogP contribution in [-0.2, 0) is 9.59 Å². The number of hydrogen-bond donors (Lipinski definition) is 4. The van der Waals surface area contributed by atoms with E-state index in [2.05, 4.69) is 20.8 Å². The normalized spacial score (nSPS) is 22.1. The van der Waals surface area contributed by atoms with Crippen molar-refractivity contribution in [2.24, 2.45) is 5.73 Å². The third kappa shape index (κ3) is 2.86. The Morgan fingerprint density at radius 1 is 1.56 bits per heavy atom. The molecule has 7 nitrogen and oxygen atoms in total. The van der Waals surface area contributed by atoms with Crippen molar-refractivity contribution in [3.63, 3.8) is 0 Å². The Hall–Kier alpha value is -1.89. The van der Waals surface area contributed by atoms with Crippen molar-refractivity contribution >= 4 is 17.6 Å². The van der Waals surface area contributed by atoms with Gasteiger partial charge < -0.3 is 16.4 Å². The molecule has 0 unspecified atom stereocenters. The second-order valence-corrected chi connectivity index (χ2v) is 4.53. The largest absolute Gasteiger partial charge is 0.354 e. The molecule has 0 bridgehead atoms. The standard InChI is InChI=1S/C11H17N5O2/c1-6(17)13-8-2-7(3-8)9-4-10(16-15-9)14-11(18)5-12/h4,7-8H,2-3,5,12H2,1H3,(H,13,17)(H2,14,15,16,18). The van der Waals surface area contributed by atoms with E-state index < -0.39 is 0 Å². The maximum atomic E-state index is 11.1. The van der Waals surface area contributed by atoms with Gasteiger partial charge in [-0.05, 0) is 12.8 Å². The summed E-state index contributed by atoms with van der Waals surface area (Å²) in [4.78, 5) is 21.9. The molecule has 0 aromatic carbocycles. The van der Waals surface area contributed by atoms with Gasteiger partial charge in [-0.3, -0.25) is 14.7 Å². The summed E-state index contributed by atoms with van der Waals surface area (Å²) in [5, 5.41) is 12.3. The minimum absolute atomic E-state index is 0.000964. The van der Waals surface area contributed by atoms with Crippen LogP contribution in [0.1, 0.15) is 31.4 Å². The smallest absolute Gasteiger partial charge is 0.239 e. The number of anilines is 1. The predicted octanol–water partition coefficient (Wildman–Crippen LogP) is -0.311. The van der Waals surface area contributed by atoms with Crippen LogP contribution < -0.4 is 16.4 Å². The summed E-state index contributed by atoms with van der Waals surface area (Å²) < 4.78 is 0. The number of nitrogens with two attached hydrogens (primary N) is 1. The Kier molecular flexibility index (Phi) is 3.61. The highest BCUT2D eigenvalue weighted by atomic mass is 16.2. The molecular weight excluding hydrogens is 234 g/mol. The number of nitrogens with zero attached hydrogens (tertiary/aromatic N) is 1. The number of aromatic amines is 1. The summed E-state index contributed by atoms with van der Waals surface area (Å²) in [6.45, 7) is 1.46. The van der Waals surface area contributed by atoms with Gasteiger partial charge >= 0.3 is 0 Å². The van der Waals surface area contributed by atoms with Gasteiger partial charge in [0, 0.05) is 30.6 Å². The van der Waals surface area contributed by atoms with Gasteiger partial charge in [0.2, 0.25) is 11.8 Å². The summed E-state index contributed by atoms with van der Waals surface area (Å²) in [6, 6.07) is 2.06. The summed E-state index contributed by atoms with van der Waals surface area (Å²) in [5.74, 6) is 0.582. The molecule has 2 amide bonds. The first kappa shape index (κ1) is 12.6. The predicted molar refractivity (Wildman–Crippen MR) is 65.9 cm³/mol. The molecule has 1 saturated carbocycles. The molecule has 0 atom stereocenters. The molecule has 1 aliphatic carbocycles. The lowest BCUT2D eigenvalue weighted by Crippen LogP contribution is -2.42. The Morgan fingerprint density at radius 3 is 2.89 bits per heavy atom. The molecule has 7 heteroatoms. The zero-order valence-electron chi connectivity index (χ0n) is 10.2. The lowest BCUT2D eigenvalue weighted by molar-refractivity contribution is -0.120. The first-order chi connectivity index (χ1) is 8.58. The van der Waals surface area contributed by atoms with Crippen LogP contribution in [0.4, 0.5) is 5.82 Å². The fraction of sp³-hybridized carbons (Fsp3) is 0.545. The van der Waals surface area contributed by atoms with Crippen LogP contribution in [0.15, 0.2) is 6.07 Å². The van der Waals surface area contributed by atoms with Gasteiger partial charge in [-0.2, -0.15) is 5.10 Å². The van der Waals surface area contributed by atoms with Gasteiger partial charge in [-0.25, -0.2) is 0 Å². The fourth-order valence-corrected chi connectivity index (χ4v) is 2.08. The van der Waals surface area contributed by atoms with Gasteiger partial charge in [0.25, 0.3) is 0 Å². The highest BCUT2D eigenvalue weighted by Gasteiger charge is 2.32. The summed E-state index contributed by atoms with van der Waals surface area (Å²) in [5.41, 5.74) is 6.17. The zero-order valence-corrected chi connectivity index (χ0v) is 10.2. The van der Waals surface area contributed by atoms with Crippen molar-refractivity contribution < 1.29 is 9.59 Å². The Labute approximate surface area is 105 Å². The maximum absolute atomic E-state index is 11.1. The SMILES string of the molecule is CC(=O)NC1CC(c2cc(NC(=O)CN)n[nH]2)C1. The molecule has 18 heavy (non-hydrogen) atoms. The Morgan fingerprint density at radius 2 is 2.28 bits per heavy atom. The highest BCUT2D eigenvalue weighted by molar-refractivity contribution is 5.91. The topological polar surface area (TPSA) is 113 Å². The molecule has 1 aliphatic rings. The number of carbonyl (C=O) groups excluding carboxylic acids is 2. The lowest BCUT2D eigenvalue weighted by atomic mass is 9.78. The van der Waals surface area contributed by atoms with Gasteiger partial charge in [0.05, 0.1) is 6.54 Å². The summed E-state index contributed by atoms with van der Waals surface area (Å²) >= 11 is 0. The van der Waals surface area contributed by atoms with Crippen LogP contribution in [0, 0.1) is 0 Å². The second kappa shape index (κ2) is 5.18. The number of rotatable bonds is 4. The van der Waals surface area contributed by atoms with Crippen LogP contribution in [0.2, 0.25) is 0 Å². The van der Waals surface area contributed by atoms with Gasteiger partial charge in [-0.15, -0.1) is 0 Å². The van der Waals surface area contributed by atoms with Crippen molar-refractivity contribution in [3.8, 4) is 0 Å². The molecule has 0 aliphatic heterocycles. The van der Waals surface area contributed by atoms with Gasteiger partial charge in [-0.1, -0.05) is 0 Å². The third-order valence-corrected chi connectivity index (χ3v) is 3.04. The average molecular weight is 251 g/mol. The molecule has 0 saturated heterocycles. The Balaban J connectivity index is 1.85. The Bertz CT molecular complexity index is 450. The molecule has 5 N–H and O–H groups in total. The average Bonchev–Trinajstić information content (AvgIpc) is 2.70. The first-order valence-electron chi connectivity index (χ1n) is 5.90. The van der Waals surface area contributed by atoms with Crippen molar-refractivity contribution in [2.75, 3.05) is 11.9 Å². The van der Waals surface area contributed by atoms with Gasteiger partial charge in [0.15, 0.2) is 5.82 Å². The maximum Gasteiger partial charge on any atom is 0.239 e. The molecule has 0 spiro atoms. The lowest BCUT2D eigenvalue weighted by Gasteiger charge is -2.34. The number of carbonyl (C=O) groups is 2. The van der Waals surface area contributed by atoms with Crippen LogP contribution >= 0.6 is 0 Å². The van der Waals surface area contributed by atoms with E-state index in [1.165, 1.54) is 6.92 Å². The molecule has 0 radical (unpaired) electrons. The molecular formula is C11H17N5O2. The number of aromatic nitrogens is 2. The monoisotopic (exact) mass is 251 g/mol. The molecule has 1 aromatic heterocycles. The van der Waals surface area contributed by atoms with E-state index in [-0.39, 0.29) is 24.4 Å². The van der Waals surface area contributed by atoms with E-state index in [9.17, 15) is 9.59 Å². The highest BCUT2D eigenvalue weighted by Crippen LogP contribution is 2.36. The van der Waals surface area contributed by atoms with Crippen molar-refractivity contribution in [1.82, 2.24) is 15.5 Å². The summed E-state index contributed by atoms with van der Waals surface area (Å²) in [7, 11) is 0. The number of hydrogen-bond acceptors (Lipinski definition) is 4. The third-order valence-electron chi connectivity index (χ3n) is 3.04. The van der Waals surface area contributed by atoms with E-state index in [4.69, 9.17) is 5.73 Å². The first-order valence-corrected chi connectivity index (χ1v) is 5.90. The van der Waals surface area contributed by atoms with Crippen LogP contribution in [0.3, 0.4) is 0 Å². The number of H-pyrrole nitrogens is 1. The molecule has 2 rings (SSSR count). The van der Waals surface area contributed by atoms with Crippen LogP contribution in [0.5, 0.6) is 0 Å². The van der Waals surface area contributed by atoms with E-state index in [0.29, 0.717) is 11.7 Å². The van der Waals surface area contributed by atoms with Crippen LogP contribution in [0.25, 0.3) is 0 Å². The van der Waals surface area contributed by atoms with E-state index in [0.717, 1.165) is 18.5 Å². The second-order valence-electron chi connectivity index (χ2n) is 4.53. The molecule has 98 valence electrons. The fourth-order valence-electron chi connectivity index (χ4n) is 2.08. The minimum Gasteiger partial charge on any atom is -0.354 e. The van der Waals surface area contributed by atoms with Crippen molar-refractivity contribution in [2.45, 2.75) is 31.7 Å². The van der Waals surface area contributed by atoms with E-state index >= 15 is 0 Å². The summed E-state index contributed by atoms with van der Waals surface area (Å²) in [6.07, 6.45) is 1.79. The number of amides is 2. The van der Waals surface area contributed by atoms with E-state index in [1.54, 1.807) is 0 Å². The molecule has 1 heterocycles. The van der Waals surface area contributed by atoms with E-state index in [1.807, 2.05) is 6.07 Å². The zero-order chi connectivity index (χ0) is 13.1. The molecule has 1 aromatic rings. The van der Waals surface area contributed by atoms with Gasteiger partial charge in [0.1, 0.15) is 0 Å².